The number of hydrogen-bond donors (Lipinski definition) is 1. The van der Waals surface area contributed by atoms with Gasteiger partial charge in [0.25, 0.3) is 0 Å². The van der Waals surface area contributed by atoms with Gasteiger partial charge in [-0.05, 0) is 24.7 Å². The summed E-state index contributed by atoms with van der Waals surface area (Å²) in [6, 6.07) is 0. The Morgan fingerprint density at radius 1 is 1.21 bits per heavy atom. The maximum absolute atomic E-state index is 9.48. The summed E-state index contributed by atoms with van der Waals surface area (Å²) in [5, 5.41) is 9.48. The highest BCUT2D eigenvalue weighted by molar-refractivity contribution is 6.18. The Morgan fingerprint density at radius 3 is 2.29 bits per heavy atom. The van der Waals surface area contributed by atoms with Crippen LogP contribution < -0.4 is 0 Å². The molecule has 0 bridgehead atoms. The van der Waals surface area contributed by atoms with Gasteiger partial charge in [0, 0.05) is 25.5 Å². The lowest BCUT2D eigenvalue weighted by molar-refractivity contribution is 0.140. The second-order valence-corrected chi connectivity index (χ2v) is 5.14. The first-order valence-corrected chi connectivity index (χ1v) is 6.29. The molecule has 1 heterocycles. The number of aliphatic hydroxyl groups excluding tert-OH is 1. The number of rotatable bonds is 3. The molecular formula is C11H20ClNO. The number of β-amino-alcohol motifs (C(OH)–C–C–N with tert-alkyl or cyclic N) is 1. The van der Waals surface area contributed by atoms with E-state index in [1.165, 1.54) is 38.8 Å². The van der Waals surface area contributed by atoms with Crippen molar-refractivity contribution in [1.82, 2.24) is 4.90 Å². The zero-order valence-corrected chi connectivity index (χ0v) is 9.42. The van der Waals surface area contributed by atoms with E-state index in [2.05, 4.69) is 4.90 Å². The zero-order valence-electron chi connectivity index (χ0n) is 8.66. The van der Waals surface area contributed by atoms with Crippen LogP contribution in [0.25, 0.3) is 0 Å². The van der Waals surface area contributed by atoms with E-state index in [9.17, 15) is 5.11 Å². The summed E-state index contributed by atoms with van der Waals surface area (Å²) in [6.07, 6.45) is 5.29. The highest BCUT2D eigenvalue weighted by Gasteiger charge is 2.34. The summed E-state index contributed by atoms with van der Waals surface area (Å²) in [6.45, 7) is 3.16. The Labute approximate surface area is 91.2 Å². The van der Waals surface area contributed by atoms with Crippen molar-refractivity contribution in [3.05, 3.63) is 0 Å². The quantitative estimate of drug-likeness (QED) is 0.728. The second kappa shape index (κ2) is 4.82. The Kier molecular flexibility index (Phi) is 3.69. The number of fused-ring (bicyclic) bond motifs is 1. The fraction of sp³-hybridized carbons (Fsp3) is 1.00. The second-order valence-electron chi connectivity index (χ2n) is 4.83. The Balaban J connectivity index is 1.80. The molecule has 0 aromatic rings. The monoisotopic (exact) mass is 217 g/mol. The average Bonchev–Trinajstić information content (AvgIpc) is 2.59. The Bertz CT molecular complexity index is 174. The standard InChI is InChI=1S/C11H20ClNO/c12-5-11(14)8-13-6-9-3-1-2-4-10(9)7-13/h9-11,14H,1-8H2. The highest BCUT2D eigenvalue weighted by Crippen LogP contribution is 2.35. The van der Waals surface area contributed by atoms with Gasteiger partial charge < -0.3 is 10.0 Å². The zero-order chi connectivity index (χ0) is 9.97. The van der Waals surface area contributed by atoms with Crippen LogP contribution >= 0.6 is 11.6 Å². The van der Waals surface area contributed by atoms with Gasteiger partial charge in [0.2, 0.25) is 0 Å². The molecule has 2 nitrogen and oxygen atoms in total. The number of nitrogens with zero attached hydrogens (tertiary/aromatic N) is 1. The molecule has 3 heteroatoms. The highest BCUT2D eigenvalue weighted by atomic mass is 35.5. The van der Waals surface area contributed by atoms with Gasteiger partial charge in [-0.2, -0.15) is 0 Å². The van der Waals surface area contributed by atoms with Crippen molar-refractivity contribution in [2.24, 2.45) is 11.8 Å². The third-order valence-corrected chi connectivity index (χ3v) is 4.06. The molecule has 1 N–H and O–H groups in total. The van der Waals surface area contributed by atoms with Crippen LogP contribution in [0, 0.1) is 11.8 Å². The molecule has 0 aromatic heterocycles. The van der Waals surface area contributed by atoms with Gasteiger partial charge in [-0.25, -0.2) is 0 Å². The third kappa shape index (κ3) is 2.41. The van der Waals surface area contributed by atoms with Crippen molar-refractivity contribution in [1.29, 1.82) is 0 Å². The lowest BCUT2D eigenvalue weighted by Crippen LogP contribution is -2.31. The van der Waals surface area contributed by atoms with E-state index in [0.717, 1.165) is 18.4 Å². The predicted molar refractivity (Wildman–Crippen MR) is 58.6 cm³/mol. The van der Waals surface area contributed by atoms with Crippen LogP contribution in [-0.4, -0.2) is 41.6 Å². The summed E-state index contributed by atoms with van der Waals surface area (Å²) in [5.41, 5.74) is 0. The number of likely N-dealkylation sites (tertiary alicyclic amines) is 1. The van der Waals surface area contributed by atoms with Crippen molar-refractivity contribution in [2.45, 2.75) is 31.8 Å². The van der Waals surface area contributed by atoms with E-state index in [4.69, 9.17) is 11.6 Å². The first-order valence-electron chi connectivity index (χ1n) is 5.76. The molecule has 2 aliphatic rings. The molecule has 82 valence electrons. The molecule has 2 fully saturated rings. The molecular weight excluding hydrogens is 198 g/mol. The van der Waals surface area contributed by atoms with Gasteiger partial charge in [0.05, 0.1) is 6.10 Å². The molecule has 0 aromatic carbocycles. The van der Waals surface area contributed by atoms with Gasteiger partial charge in [-0.1, -0.05) is 12.8 Å². The van der Waals surface area contributed by atoms with Crippen molar-refractivity contribution in [2.75, 3.05) is 25.5 Å². The summed E-state index contributed by atoms with van der Waals surface area (Å²) in [7, 11) is 0. The van der Waals surface area contributed by atoms with E-state index < -0.39 is 0 Å². The third-order valence-electron chi connectivity index (χ3n) is 3.70. The first kappa shape index (κ1) is 10.7. The molecule has 3 atom stereocenters. The van der Waals surface area contributed by atoms with Gasteiger partial charge in [0.15, 0.2) is 0 Å². The van der Waals surface area contributed by atoms with Gasteiger partial charge >= 0.3 is 0 Å². The van der Waals surface area contributed by atoms with Crippen LogP contribution in [0.1, 0.15) is 25.7 Å². The number of hydrogen-bond acceptors (Lipinski definition) is 2. The largest absolute Gasteiger partial charge is 0.391 e. The summed E-state index contributed by atoms with van der Waals surface area (Å²) >= 11 is 5.61. The summed E-state index contributed by atoms with van der Waals surface area (Å²) in [5.74, 6) is 2.18. The minimum absolute atomic E-state index is 0.336. The first-order chi connectivity index (χ1) is 6.79. The van der Waals surface area contributed by atoms with E-state index >= 15 is 0 Å². The van der Waals surface area contributed by atoms with Gasteiger partial charge in [-0.15, -0.1) is 11.6 Å². The minimum atomic E-state index is -0.336. The fourth-order valence-electron chi connectivity index (χ4n) is 3.00. The maximum atomic E-state index is 9.48. The summed E-state index contributed by atoms with van der Waals surface area (Å²) in [4.78, 5) is 2.40. The van der Waals surface area contributed by atoms with Crippen LogP contribution in [0.4, 0.5) is 0 Å². The van der Waals surface area contributed by atoms with Crippen molar-refractivity contribution >= 4 is 11.6 Å². The lowest BCUT2D eigenvalue weighted by atomic mass is 9.82. The van der Waals surface area contributed by atoms with Crippen molar-refractivity contribution in [3.8, 4) is 0 Å². The molecule has 0 spiro atoms. The smallest absolute Gasteiger partial charge is 0.0802 e. The Hall–Kier alpha value is 0.210. The fourth-order valence-corrected chi connectivity index (χ4v) is 3.10. The molecule has 2 rings (SSSR count). The minimum Gasteiger partial charge on any atom is -0.391 e. The van der Waals surface area contributed by atoms with Crippen LogP contribution in [0.15, 0.2) is 0 Å². The van der Waals surface area contributed by atoms with Crippen molar-refractivity contribution < 1.29 is 5.11 Å². The topological polar surface area (TPSA) is 23.5 Å². The summed E-state index contributed by atoms with van der Waals surface area (Å²) < 4.78 is 0. The molecule has 1 saturated carbocycles. The molecule has 1 aliphatic heterocycles. The van der Waals surface area contributed by atoms with Crippen LogP contribution in [0.5, 0.6) is 0 Å². The average molecular weight is 218 g/mol. The van der Waals surface area contributed by atoms with Crippen LogP contribution in [0.3, 0.4) is 0 Å². The molecule has 1 aliphatic carbocycles. The van der Waals surface area contributed by atoms with Crippen LogP contribution in [0.2, 0.25) is 0 Å². The van der Waals surface area contributed by atoms with E-state index in [1.807, 2.05) is 0 Å². The van der Waals surface area contributed by atoms with Gasteiger partial charge in [-0.3, -0.25) is 0 Å². The molecule has 14 heavy (non-hydrogen) atoms. The SMILES string of the molecule is OC(CCl)CN1CC2CCCCC2C1. The predicted octanol–water partition coefficient (Wildman–Crippen LogP) is 1.71. The lowest BCUT2D eigenvalue weighted by Gasteiger charge is -2.23. The van der Waals surface area contributed by atoms with E-state index in [0.29, 0.717) is 5.88 Å². The van der Waals surface area contributed by atoms with Crippen molar-refractivity contribution in [3.63, 3.8) is 0 Å². The molecule has 0 amide bonds. The van der Waals surface area contributed by atoms with Crippen LogP contribution in [-0.2, 0) is 0 Å². The Morgan fingerprint density at radius 2 is 1.79 bits per heavy atom. The molecule has 0 radical (unpaired) electrons. The molecule has 1 saturated heterocycles. The number of halogens is 1. The normalized spacial score (nSPS) is 35.6. The van der Waals surface area contributed by atoms with E-state index in [1.54, 1.807) is 0 Å². The van der Waals surface area contributed by atoms with Gasteiger partial charge in [0.1, 0.15) is 0 Å². The maximum Gasteiger partial charge on any atom is 0.0802 e. The number of aliphatic hydroxyl groups is 1. The number of alkyl halides is 1. The molecule has 3 unspecified atom stereocenters. The van der Waals surface area contributed by atoms with E-state index in [-0.39, 0.29) is 6.10 Å².